The first kappa shape index (κ1) is 28.4. The highest BCUT2D eigenvalue weighted by Crippen LogP contribution is 2.74. The number of esters is 1. The van der Waals surface area contributed by atoms with Crippen LogP contribution in [0.5, 0.6) is 0 Å². The second-order valence-corrected chi connectivity index (χ2v) is 13.6. The molecule has 0 heterocycles. The molecule has 0 aromatic rings. The first-order chi connectivity index (χ1) is 17.2. The van der Waals surface area contributed by atoms with Crippen molar-refractivity contribution in [2.45, 2.75) is 118 Å². The molecule has 0 amide bonds. The van der Waals surface area contributed by atoms with Crippen molar-refractivity contribution < 1.29 is 29.6 Å². The van der Waals surface area contributed by atoms with Crippen LogP contribution in [-0.2, 0) is 14.3 Å². The Kier molecular flexibility index (Phi) is 7.53. The highest BCUT2D eigenvalue weighted by molar-refractivity contribution is 5.88. The van der Waals surface area contributed by atoms with E-state index in [4.69, 9.17) is 4.74 Å². The minimum atomic E-state index is -0.953. The molecule has 0 saturated heterocycles. The Morgan fingerprint density at radius 3 is 2.30 bits per heavy atom. The fraction of sp³-hybridized carbons (Fsp3) is 0.806. The summed E-state index contributed by atoms with van der Waals surface area (Å²) in [6, 6.07) is 0. The number of carbonyl (C=O) groups is 2. The number of aliphatic hydroxyl groups is 2. The predicted molar refractivity (Wildman–Crippen MR) is 143 cm³/mol. The number of aliphatic carboxylic acids is 1. The Balaban J connectivity index is 1.82. The van der Waals surface area contributed by atoms with Crippen molar-refractivity contribution in [3.05, 3.63) is 22.8 Å². The van der Waals surface area contributed by atoms with E-state index >= 15 is 0 Å². The molecular formula is C31H48O6. The van der Waals surface area contributed by atoms with Crippen LogP contribution in [0.15, 0.2) is 22.8 Å². The molecule has 0 unspecified atom stereocenters. The molecule has 6 heteroatoms. The number of carbonyl (C=O) groups excluding carboxylic acids is 1. The van der Waals surface area contributed by atoms with Crippen molar-refractivity contribution in [3.8, 4) is 0 Å². The van der Waals surface area contributed by atoms with Gasteiger partial charge in [-0.15, -0.1) is 0 Å². The summed E-state index contributed by atoms with van der Waals surface area (Å²) in [6.07, 6.45) is 6.22. The average Bonchev–Trinajstić information content (AvgIpc) is 3.05. The lowest BCUT2D eigenvalue weighted by Crippen LogP contribution is -2.65. The highest BCUT2D eigenvalue weighted by Gasteiger charge is 2.70. The van der Waals surface area contributed by atoms with Gasteiger partial charge in [0.2, 0.25) is 0 Å². The molecule has 0 spiro atoms. The van der Waals surface area contributed by atoms with Crippen LogP contribution < -0.4 is 0 Å². The summed E-state index contributed by atoms with van der Waals surface area (Å²) in [7, 11) is 0. The molecule has 3 N–H and O–H groups in total. The summed E-state index contributed by atoms with van der Waals surface area (Å²) in [5.41, 5.74) is 1.57. The molecule has 0 aromatic carbocycles. The number of allylic oxidation sites excluding steroid dienone is 2. The van der Waals surface area contributed by atoms with Gasteiger partial charge in [0.1, 0.15) is 6.10 Å². The molecule has 6 nitrogen and oxygen atoms in total. The first-order valence-electron chi connectivity index (χ1n) is 14.3. The van der Waals surface area contributed by atoms with Gasteiger partial charge in [-0.1, -0.05) is 39.3 Å². The van der Waals surface area contributed by atoms with E-state index in [0.717, 1.165) is 36.8 Å². The van der Waals surface area contributed by atoms with E-state index in [0.29, 0.717) is 37.2 Å². The van der Waals surface area contributed by atoms with Gasteiger partial charge in [-0.2, -0.15) is 0 Å². The van der Waals surface area contributed by atoms with Crippen LogP contribution in [0.2, 0.25) is 0 Å². The summed E-state index contributed by atoms with van der Waals surface area (Å²) >= 11 is 0. The normalized spacial score (nSPS) is 46.2. The van der Waals surface area contributed by atoms with Crippen LogP contribution in [0, 0.1) is 39.9 Å². The molecule has 37 heavy (non-hydrogen) atoms. The van der Waals surface area contributed by atoms with Gasteiger partial charge in [0.15, 0.2) is 0 Å². The number of hydrogen-bond donors (Lipinski definition) is 3. The Labute approximate surface area is 222 Å². The fourth-order valence-corrected chi connectivity index (χ4v) is 9.79. The number of fused-ring (bicyclic) bond motifs is 5. The second-order valence-electron chi connectivity index (χ2n) is 13.6. The zero-order chi connectivity index (χ0) is 27.5. The van der Waals surface area contributed by atoms with E-state index in [1.165, 1.54) is 6.92 Å². The Morgan fingerprint density at radius 2 is 1.70 bits per heavy atom. The van der Waals surface area contributed by atoms with Crippen molar-refractivity contribution in [1.29, 1.82) is 0 Å². The third-order valence-corrected chi connectivity index (χ3v) is 11.6. The number of hydrogen-bond acceptors (Lipinski definition) is 5. The Morgan fingerprint density at radius 1 is 1.03 bits per heavy atom. The van der Waals surface area contributed by atoms with Gasteiger partial charge in [0.25, 0.3) is 0 Å². The number of ether oxygens (including phenoxy) is 1. The van der Waals surface area contributed by atoms with Gasteiger partial charge in [-0.3, -0.25) is 4.79 Å². The van der Waals surface area contributed by atoms with Crippen LogP contribution in [0.25, 0.3) is 0 Å². The second kappa shape index (κ2) is 9.82. The van der Waals surface area contributed by atoms with Gasteiger partial charge in [-0.05, 0) is 111 Å². The quantitative estimate of drug-likeness (QED) is 0.247. The summed E-state index contributed by atoms with van der Waals surface area (Å²) in [5.74, 6) is -0.909. The lowest BCUT2D eigenvalue weighted by atomic mass is 9.36. The molecule has 0 bridgehead atoms. The van der Waals surface area contributed by atoms with Crippen molar-refractivity contribution in [3.63, 3.8) is 0 Å². The standard InChI is InChI=1S/C31H48O6/c1-17(2)9-8-10-20(28(35)36)26-22-15-24(34)27-29(5)13-12-23(33)18(3)21(29)11-14-30(27,6)31(22,7)16-25(26)37-19(4)32/h9,18,21-25,27,33-34H,8,10-16H2,1-7H3,(H,35,36)/b26-20-/t18-,21-,22-,23+,24+,25-,27-,29-,30+,31-/m1/s1. The zero-order valence-electron chi connectivity index (χ0n) is 23.8. The molecule has 4 saturated carbocycles. The minimum Gasteiger partial charge on any atom is -0.478 e. The van der Waals surface area contributed by atoms with Crippen LogP contribution in [-0.4, -0.2) is 45.6 Å². The molecule has 0 radical (unpaired) electrons. The van der Waals surface area contributed by atoms with Gasteiger partial charge >= 0.3 is 11.9 Å². The fourth-order valence-electron chi connectivity index (χ4n) is 9.79. The smallest absolute Gasteiger partial charge is 0.331 e. The number of rotatable bonds is 5. The van der Waals surface area contributed by atoms with Crippen molar-refractivity contribution in [1.82, 2.24) is 0 Å². The summed E-state index contributed by atoms with van der Waals surface area (Å²) < 4.78 is 5.87. The monoisotopic (exact) mass is 516 g/mol. The largest absolute Gasteiger partial charge is 0.478 e. The maximum atomic E-state index is 12.6. The summed E-state index contributed by atoms with van der Waals surface area (Å²) in [6.45, 7) is 14.5. The van der Waals surface area contributed by atoms with E-state index in [1.807, 2.05) is 19.9 Å². The summed E-state index contributed by atoms with van der Waals surface area (Å²) in [5, 5.41) is 32.9. The van der Waals surface area contributed by atoms with Crippen molar-refractivity contribution in [2.75, 3.05) is 0 Å². The Bertz CT molecular complexity index is 994. The van der Waals surface area contributed by atoms with E-state index in [-0.39, 0.29) is 40.1 Å². The number of carboxylic acids is 1. The molecule has 4 aliphatic carbocycles. The Hall–Kier alpha value is -1.66. The highest BCUT2D eigenvalue weighted by atomic mass is 16.5. The predicted octanol–water partition coefficient (Wildman–Crippen LogP) is 5.67. The van der Waals surface area contributed by atoms with Crippen molar-refractivity contribution in [2.24, 2.45) is 39.9 Å². The van der Waals surface area contributed by atoms with Gasteiger partial charge < -0.3 is 20.1 Å². The zero-order valence-corrected chi connectivity index (χ0v) is 23.8. The van der Waals surface area contributed by atoms with Crippen molar-refractivity contribution >= 4 is 11.9 Å². The maximum absolute atomic E-state index is 12.6. The summed E-state index contributed by atoms with van der Waals surface area (Å²) in [4.78, 5) is 24.8. The maximum Gasteiger partial charge on any atom is 0.331 e. The molecule has 0 aromatic heterocycles. The van der Waals surface area contributed by atoms with Gasteiger partial charge in [0.05, 0.1) is 12.2 Å². The molecule has 4 fully saturated rings. The van der Waals surface area contributed by atoms with E-state index in [1.54, 1.807) is 0 Å². The minimum absolute atomic E-state index is 0.0474. The molecule has 0 aliphatic heterocycles. The van der Waals surface area contributed by atoms with Crippen LogP contribution in [0.1, 0.15) is 99.8 Å². The van der Waals surface area contributed by atoms with Crippen LogP contribution in [0.3, 0.4) is 0 Å². The number of aliphatic hydroxyl groups excluding tert-OH is 2. The van der Waals surface area contributed by atoms with Crippen LogP contribution in [0.4, 0.5) is 0 Å². The third-order valence-electron chi connectivity index (χ3n) is 11.6. The third kappa shape index (κ3) is 4.40. The van der Waals surface area contributed by atoms with E-state index in [2.05, 4.69) is 27.7 Å². The van der Waals surface area contributed by atoms with Gasteiger partial charge in [0, 0.05) is 12.5 Å². The molecule has 10 atom stereocenters. The molecule has 4 rings (SSSR count). The molecule has 4 aliphatic rings. The molecular weight excluding hydrogens is 468 g/mol. The number of carboxylic acid groups (broad SMARTS) is 1. The molecule has 208 valence electrons. The lowest BCUT2D eigenvalue weighted by molar-refractivity contribution is -0.234. The van der Waals surface area contributed by atoms with Crippen LogP contribution >= 0.6 is 0 Å². The average molecular weight is 517 g/mol. The van der Waals surface area contributed by atoms with E-state index < -0.39 is 24.1 Å². The lowest BCUT2D eigenvalue weighted by Gasteiger charge is -2.69. The topological polar surface area (TPSA) is 104 Å². The van der Waals surface area contributed by atoms with Gasteiger partial charge in [-0.25, -0.2) is 4.79 Å². The van der Waals surface area contributed by atoms with E-state index in [9.17, 15) is 24.9 Å². The SMILES string of the molecule is CC(=O)O[C@@H]1C[C@]2(C)[C@H](C[C@H](O)[C@@H]3[C@]4(C)CC[C@H](O)[C@H](C)[C@H]4CC[C@@]32C)/C1=C(\CCC=C(C)C)C(=O)O. The first-order valence-corrected chi connectivity index (χ1v) is 14.3.